The zero-order valence-electron chi connectivity index (χ0n) is 14.5. The number of thiophene rings is 1. The van der Waals surface area contributed by atoms with Gasteiger partial charge in [-0.15, -0.1) is 11.3 Å². The normalized spacial score (nSPS) is 11.5. The number of aryl methyl sites for hydroxylation is 1. The van der Waals surface area contributed by atoms with E-state index in [-0.39, 0.29) is 30.7 Å². The van der Waals surface area contributed by atoms with Crippen LogP contribution in [0.1, 0.15) is 29.8 Å². The van der Waals surface area contributed by atoms with E-state index in [0.717, 1.165) is 14.9 Å². The molecular formula is C18H20BrN3O3S. The molecule has 0 saturated heterocycles. The molecular weight excluding hydrogens is 418 g/mol. The van der Waals surface area contributed by atoms with Crippen LogP contribution in [0.2, 0.25) is 0 Å². The number of benzene rings is 1. The molecule has 0 saturated carbocycles. The maximum Gasteiger partial charge on any atom is 0.243 e. The highest BCUT2D eigenvalue weighted by Gasteiger charge is 2.18. The summed E-state index contributed by atoms with van der Waals surface area (Å²) in [7, 11) is 0. The lowest BCUT2D eigenvalue weighted by molar-refractivity contribution is -0.125. The summed E-state index contributed by atoms with van der Waals surface area (Å²) in [6, 6.07) is 8.85. The molecule has 1 unspecified atom stereocenters. The van der Waals surface area contributed by atoms with E-state index in [2.05, 4.69) is 31.9 Å². The number of rotatable bonds is 7. The largest absolute Gasteiger partial charge is 0.348 e. The highest BCUT2D eigenvalue weighted by molar-refractivity contribution is 9.10. The van der Waals surface area contributed by atoms with Gasteiger partial charge in [0.2, 0.25) is 17.7 Å². The van der Waals surface area contributed by atoms with Gasteiger partial charge in [0.05, 0.1) is 19.0 Å². The van der Waals surface area contributed by atoms with Gasteiger partial charge in [0.25, 0.3) is 0 Å². The Morgan fingerprint density at radius 1 is 1.19 bits per heavy atom. The molecule has 8 heteroatoms. The summed E-state index contributed by atoms with van der Waals surface area (Å²) in [6.07, 6.45) is 0.0741. The summed E-state index contributed by atoms with van der Waals surface area (Å²) in [4.78, 5) is 36.4. The molecule has 6 nitrogen and oxygen atoms in total. The van der Waals surface area contributed by atoms with Crippen molar-refractivity contribution >= 4 is 50.7 Å². The predicted octanol–water partition coefficient (Wildman–Crippen LogP) is 3.14. The molecule has 2 aromatic rings. The topological polar surface area (TPSA) is 87.3 Å². The van der Waals surface area contributed by atoms with Crippen molar-refractivity contribution in [3.8, 4) is 0 Å². The minimum atomic E-state index is -0.399. The smallest absolute Gasteiger partial charge is 0.243 e. The Bertz CT molecular complexity index is 793. The Morgan fingerprint density at radius 2 is 1.96 bits per heavy atom. The molecule has 1 atom stereocenters. The van der Waals surface area contributed by atoms with Crippen LogP contribution in [-0.2, 0) is 14.4 Å². The first-order chi connectivity index (χ1) is 12.3. The zero-order chi connectivity index (χ0) is 19.1. The Labute approximate surface area is 164 Å². The third kappa shape index (κ3) is 6.27. The van der Waals surface area contributed by atoms with E-state index in [4.69, 9.17) is 0 Å². The van der Waals surface area contributed by atoms with Crippen molar-refractivity contribution in [2.45, 2.75) is 26.3 Å². The fourth-order valence-electron chi connectivity index (χ4n) is 2.36. The van der Waals surface area contributed by atoms with Gasteiger partial charge in [0.1, 0.15) is 0 Å². The van der Waals surface area contributed by atoms with Gasteiger partial charge in [-0.05, 0) is 42.1 Å². The Hall–Kier alpha value is -2.19. The van der Waals surface area contributed by atoms with Gasteiger partial charge in [0.15, 0.2) is 0 Å². The number of halogens is 1. The summed E-state index contributed by atoms with van der Waals surface area (Å²) in [5, 5.41) is 10.0. The van der Waals surface area contributed by atoms with Gasteiger partial charge in [-0.25, -0.2) is 0 Å². The lowest BCUT2D eigenvalue weighted by Crippen LogP contribution is -2.36. The zero-order valence-corrected chi connectivity index (χ0v) is 16.9. The van der Waals surface area contributed by atoms with E-state index in [1.165, 1.54) is 18.3 Å². The van der Waals surface area contributed by atoms with Gasteiger partial charge >= 0.3 is 0 Å². The fraction of sp³-hybridized carbons (Fsp3) is 0.278. The first-order valence-corrected chi connectivity index (χ1v) is 9.65. The minimum Gasteiger partial charge on any atom is -0.348 e. The molecule has 1 aromatic heterocycles. The summed E-state index contributed by atoms with van der Waals surface area (Å²) in [6.45, 7) is 3.16. The second-order valence-electron chi connectivity index (χ2n) is 5.76. The maximum absolute atomic E-state index is 12.2. The van der Waals surface area contributed by atoms with Crippen LogP contribution in [0.4, 0.5) is 5.69 Å². The van der Waals surface area contributed by atoms with E-state index in [0.29, 0.717) is 5.69 Å². The van der Waals surface area contributed by atoms with Crippen LogP contribution >= 0.6 is 27.3 Å². The third-order valence-corrected chi connectivity index (χ3v) is 5.04. The average molecular weight is 438 g/mol. The summed E-state index contributed by atoms with van der Waals surface area (Å²) in [5.41, 5.74) is 1.62. The molecule has 0 spiro atoms. The van der Waals surface area contributed by atoms with Crippen LogP contribution in [0.15, 0.2) is 40.2 Å². The number of hydrogen-bond donors (Lipinski definition) is 3. The molecule has 138 valence electrons. The van der Waals surface area contributed by atoms with Crippen LogP contribution < -0.4 is 16.0 Å². The second-order valence-corrected chi connectivity index (χ2v) is 7.65. The molecule has 26 heavy (non-hydrogen) atoms. The predicted molar refractivity (Wildman–Crippen MR) is 106 cm³/mol. The van der Waals surface area contributed by atoms with Gasteiger partial charge in [-0.2, -0.15) is 0 Å². The Morgan fingerprint density at radius 3 is 2.58 bits per heavy atom. The molecule has 2 rings (SSSR count). The molecule has 0 aliphatic rings. The summed E-state index contributed by atoms with van der Waals surface area (Å²) >= 11 is 4.84. The molecule has 0 aliphatic heterocycles. The average Bonchev–Trinajstić information content (AvgIpc) is 3.09. The van der Waals surface area contributed by atoms with Gasteiger partial charge < -0.3 is 16.0 Å². The van der Waals surface area contributed by atoms with Crippen molar-refractivity contribution in [3.05, 3.63) is 50.6 Å². The van der Waals surface area contributed by atoms with Gasteiger partial charge in [-0.3, -0.25) is 14.4 Å². The highest BCUT2D eigenvalue weighted by atomic mass is 79.9. The minimum absolute atomic E-state index is 0.0741. The van der Waals surface area contributed by atoms with Crippen LogP contribution in [0.3, 0.4) is 0 Å². The summed E-state index contributed by atoms with van der Waals surface area (Å²) < 4.78 is 0.930. The quantitative estimate of drug-likeness (QED) is 0.621. The van der Waals surface area contributed by atoms with E-state index >= 15 is 0 Å². The fourth-order valence-corrected chi connectivity index (χ4v) is 3.61. The van der Waals surface area contributed by atoms with E-state index in [1.54, 1.807) is 6.07 Å². The maximum atomic E-state index is 12.2. The number of carbonyl (C=O) groups is 3. The van der Waals surface area contributed by atoms with Crippen LogP contribution in [0.5, 0.6) is 0 Å². The van der Waals surface area contributed by atoms with Crippen molar-refractivity contribution in [2.75, 3.05) is 11.9 Å². The van der Waals surface area contributed by atoms with E-state index < -0.39 is 6.04 Å². The number of hydrogen-bond acceptors (Lipinski definition) is 4. The SMILES string of the molecule is CC(=O)NC(CC(=O)NCC(=O)Nc1ccc(Br)cc1C)c1cccs1. The molecule has 1 heterocycles. The lowest BCUT2D eigenvalue weighted by atomic mass is 10.1. The summed E-state index contributed by atoms with van der Waals surface area (Å²) in [5.74, 6) is -0.824. The van der Waals surface area contributed by atoms with E-state index in [9.17, 15) is 14.4 Å². The number of nitrogens with one attached hydrogen (secondary N) is 3. The van der Waals surface area contributed by atoms with E-state index in [1.807, 2.05) is 36.6 Å². The van der Waals surface area contributed by atoms with Crippen LogP contribution in [0, 0.1) is 6.92 Å². The standard InChI is InChI=1S/C18H20BrN3O3S/c1-11-8-13(19)5-6-14(11)22-18(25)10-20-17(24)9-15(21-12(2)23)16-4-3-7-26-16/h3-8,15H,9-10H2,1-2H3,(H,20,24)(H,21,23)(H,22,25). The molecule has 1 aromatic carbocycles. The van der Waals surface area contributed by atoms with Gasteiger partial charge in [0, 0.05) is 22.0 Å². The number of anilines is 1. The van der Waals surface area contributed by atoms with Crippen molar-refractivity contribution in [2.24, 2.45) is 0 Å². The number of carbonyl (C=O) groups excluding carboxylic acids is 3. The molecule has 3 N–H and O–H groups in total. The Kier molecular flexibility index (Phi) is 7.35. The van der Waals surface area contributed by atoms with Crippen LogP contribution in [-0.4, -0.2) is 24.3 Å². The van der Waals surface area contributed by atoms with Crippen molar-refractivity contribution in [1.29, 1.82) is 0 Å². The Balaban J connectivity index is 1.86. The molecule has 0 bridgehead atoms. The second kappa shape index (κ2) is 9.49. The molecule has 0 aliphatic carbocycles. The first-order valence-electron chi connectivity index (χ1n) is 7.98. The molecule has 0 radical (unpaired) electrons. The highest BCUT2D eigenvalue weighted by Crippen LogP contribution is 2.22. The van der Waals surface area contributed by atoms with Crippen molar-refractivity contribution in [3.63, 3.8) is 0 Å². The van der Waals surface area contributed by atoms with Crippen molar-refractivity contribution in [1.82, 2.24) is 10.6 Å². The van der Waals surface area contributed by atoms with Gasteiger partial charge in [-0.1, -0.05) is 22.0 Å². The van der Waals surface area contributed by atoms with Crippen LogP contribution in [0.25, 0.3) is 0 Å². The lowest BCUT2D eigenvalue weighted by Gasteiger charge is -2.16. The monoisotopic (exact) mass is 437 g/mol. The van der Waals surface area contributed by atoms with Crippen molar-refractivity contribution < 1.29 is 14.4 Å². The molecule has 0 fully saturated rings. The molecule has 3 amide bonds. The number of amides is 3. The third-order valence-electron chi connectivity index (χ3n) is 3.56. The first kappa shape index (κ1) is 20.1.